The molecule has 0 atom stereocenters. The molecule has 1 aromatic carbocycles. The number of pyridine rings is 1. The number of ether oxygens (including phenoxy) is 2. The number of halogens is 1. The van der Waals surface area contributed by atoms with E-state index in [0.717, 1.165) is 79.3 Å². The summed E-state index contributed by atoms with van der Waals surface area (Å²) in [7, 11) is 1.62. The SMILES string of the molecule is COc1cc(C)c(-c2cn3ccc(N4CCN(c5ncnc(N6CCOCC6)n5)CC4)cc3n2)cc1Cl. The van der Waals surface area contributed by atoms with Gasteiger partial charge in [-0.3, -0.25) is 0 Å². The lowest BCUT2D eigenvalue weighted by molar-refractivity contribution is 0.122. The maximum atomic E-state index is 6.39. The summed E-state index contributed by atoms with van der Waals surface area (Å²) < 4.78 is 12.8. The Balaban J connectivity index is 1.16. The van der Waals surface area contributed by atoms with Gasteiger partial charge in [0.1, 0.15) is 17.7 Å². The van der Waals surface area contributed by atoms with Crippen LogP contribution in [0.25, 0.3) is 16.9 Å². The first kappa shape index (κ1) is 23.7. The molecule has 0 aliphatic carbocycles. The van der Waals surface area contributed by atoms with E-state index >= 15 is 0 Å². The topological polar surface area (TPSA) is 84.2 Å². The van der Waals surface area contributed by atoms with Gasteiger partial charge in [0.05, 0.1) is 31.0 Å². The third-order valence-corrected chi connectivity index (χ3v) is 7.28. The Morgan fingerprint density at radius 3 is 2.32 bits per heavy atom. The van der Waals surface area contributed by atoms with Crippen molar-refractivity contribution in [1.29, 1.82) is 0 Å². The van der Waals surface area contributed by atoms with E-state index in [9.17, 15) is 0 Å². The number of piperazine rings is 1. The minimum atomic E-state index is 0.578. The Hall–Kier alpha value is -3.63. The van der Waals surface area contributed by atoms with Crippen LogP contribution in [0.3, 0.4) is 0 Å². The van der Waals surface area contributed by atoms with Crippen LogP contribution in [-0.4, -0.2) is 83.9 Å². The molecule has 192 valence electrons. The fourth-order valence-corrected chi connectivity index (χ4v) is 5.14. The van der Waals surface area contributed by atoms with Gasteiger partial charge in [0.15, 0.2) is 0 Å². The maximum Gasteiger partial charge on any atom is 0.230 e. The second-order valence-corrected chi connectivity index (χ2v) is 9.64. The second kappa shape index (κ2) is 10.0. The van der Waals surface area contributed by atoms with E-state index in [2.05, 4.69) is 43.0 Å². The monoisotopic (exact) mass is 520 g/mol. The molecule has 2 fully saturated rings. The molecule has 37 heavy (non-hydrogen) atoms. The van der Waals surface area contributed by atoms with Crippen LogP contribution in [0.1, 0.15) is 5.56 Å². The van der Waals surface area contributed by atoms with Crippen LogP contribution < -0.4 is 19.4 Å². The molecule has 6 rings (SSSR count). The summed E-state index contributed by atoms with van der Waals surface area (Å²) >= 11 is 6.39. The first-order chi connectivity index (χ1) is 18.1. The quantitative estimate of drug-likeness (QED) is 0.393. The molecule has 4 aromatic rings. The van der Waals surface area contributed by atoms with Gasteiger partial charge in [-0.25, -0.2) is 15.0 Å². The van der Waals surface area contributed by atoms with Crippen molar-refractivity contribution in [3.63, 3.8) is 0 Å². The molecule has 0 N–H and O–H groups in total. The maximum absolute atomic E-state index is 6.39. The summed E-state index contributed by atoms with van der Waals surface area (Å²) in [6.07, 6.45) is 5.71. The van der Waals surface area contributed by atoms with Crippen LogP contribution in [-0.2, 0) is 4.74 Å². The molecule has 0 unspecified atom stereocenters. The molecule has 2 aliphatic rings. The number of imidazole rings is 1. The van der Waals surface area contributed by atoms with Crippen molar-refractivity contribution in [2.75, 3.05) is 74.3 Å². The van der Waals surface area contributed by atoms with Gasteiger partial charge in [0, 0.05) is 69.0 Å². The average molecular weight is 521 g/mol. The van der Waals surface area contributed by atoms with Gasteiger partial charge < -0.3 is 28.6 Å². The van der Waals surface area contributed by atoms with Crippen molar-refractivity contribution >= 4 is 34.8 Å². The summed E-state index contributed by atoms with van der Waals surface area (Å²) in [5.74, 6) is 2.13. The first-order valence-corrected chi connectivity index (χ1v) is 12.8. The van der Waals surface area contributed by atoms with Crippen LogP contribution >= 0.6 is 11.6 Å². The zero-order chi connectivity index (χ0) is 25.4. The molecule has 0 amide bonds. The highest BCUT2D eigenvalue weighted by Crippen LogP contribution is 2.33. The minimum Gasteiger partial charge on any atom is -0.495 e. The third kappa shape index (κ3) is 4.74. The molecule has 10 nitrogen and oxygen atoms in total. The van der Waals surface area contributed by atoms with E-state index in [1.807, 2.05) is 29.7 Å². The lowest BCUT2D eigenvalue weighted by atomic mass is 10.1. The summed E-state index contributed by atoms with van der Waals surface area (Å²) in [6.45, 7) is 8.47. The normalized spacial score (nSPS) is 16.5. The van der Waals surface area contributed by atoms with Crippen LogP contribution in [0.15, 0.2) is 43.0 Å². The Labute approximate surface area is 220 Å². The number of aromatic nitrogens is 5. The summed E-state index contributed by atoms with van der Waals surface area (Å²) in [6, 6.07) is 8.15. The molecule has 2 saturated heterocycles. The van der Waals surface area contributed by atoms with Gasteiger partial charge in [-0.2, -0.15) is 4.98 Å². The number of nitrogens with zero attached hydrogens (tertiary/aromatic N) is 8. The number of morpholine rings is 1. The molecule has 2 aliphatic heterocycles. The van der Waals surface area contributed by atoms with E-state index in [4.69, 9.17) is 31.0 Å². The first-order valence-electron chi connectivity index (χ1n) is 12.4. The number of hydrogen-bond acceptors (Lipinski definition) is 9. The van der Waals surface area contributed by atoms with Gasteiger partial charge in [-0.15, -0.1) is 0 Å². The Kier molecular flexibility index (Phi) is 6.43. The number of aryl methyl sites for hydroxylation is 1. The predicted octanol–water partition coefficient (Wildman–Crippen LogP) is 3.32. The zero-order valence-corrected chi connectivity index (χ0v) is 21.7. The molecule has 11 heteroatoms. The number of methoxy groups -OCH3 is 1. The van der Waals surface area contributed by atoms with Crippen molar-refractivity contribution in [2.45, 2.75) is 6.92 Å². The minimum absolute atomic E-state index is 0.578. The smallest absolute Gasteiger partial charge is 0.230 e. The molecular formula is C26H29ClN8O2. The van der Waals surface area contributed by atoms with Crippen LogP contribution in [0, 0.1) is 6.92 Å². The zero-order valence-electron chi connectivity index (χ0n) is 21.0. The fourth-order valence-electron chi connectivity index (χ4n) is 4.90. The number of hydrogen-bond donors (Lipinski definition) is 0. The molecular weight excluding hydrogens is 492 g/mol. The summed E-state index contributed by atoms with van der Waals surface area (Å²) in [5.41, 5.74) is 5.00. The highest BCUT2D eigenvalue weighted by Gasteiger charge is 2.22. The molecule has 0 radical (unpaired) electrons. The van der Waals surface area contributed by atoms with Crippen LogP contribution in [0.4, 0.5) is 17.6 Å². The van der Waals surface area contributed by atoms with Gasteiger partial charge in [-0.1, -0.05) is 11.6 Å². The predicted molar refractivity (Wildman–Crippen MR) is 144 cm³/mol. The van der Waals surface area contributed by atoms with Gasteiger partial charge in [-0.05, 0) is 30.7 Å². The standard InChI is InChI=1S/C26H29ClN8O2/c1-18-13-23(36-2)21(27)15-20(18)22-16-35-4-3-19(14-24(35)30-22)32-5-7-33(8-6-32)25-28-17-29-26(31-25)34-9-11-37-12-10-34/h3-4,13-17H,5-12H2,1-2H3. The highest BCUT2D eigenvalue weighted by molar-refractivity contribution is 6.32. The van der Waals surface area contributed by atoms with E-state index in [-0.39, 0.29) is 0 Å². The number of anilines is 3. The Morgan fingerprint density at radius 2 is 1.59 bits per heavy atom. The Morgan fingerprint density at radius 1 is 0.892 bits per heavy atom. The van der Waals surface area contributed by atoms with E-state index < -0.39 is 0 Å². The van der Waals surface area contributed by atoms with Gasteiger partial charge in [0.2, 0.25) is 11.9 Å². The van der Waals surface area contributed by atoms with Crippen molar-refractivity contribution in [1.82, 2.24) is 24.3 Å². The number of benzene rings is 1. The van der Waals surface area contributed by atoms with Crippen molar-refractivity contribution in [3.8, 4) is 17.0 Å². The summed E-state index contributed by atoms with van der Waals surface area (Å²) in [4.78, 5) is 25.2. The average Bonchev–Trinajstić information content (AvgIpc) is 3.38. The second-order valence-electron chi connectivity index (χ2n) is 9.24. The van der Waals surface area contributed by atoms with Crippen molar-refractivity contribution in [3.05, 3.63) is 53.6 Å². The van der Waals surface area contributed by atoms with Crippen molar-refractivity contribution < 1.29 is 9.47 Å². The van der Waals surface area contributed by atoms with Crippen LogP contribution in [0.2, 0.25) is 5.02 Å². The molecule has 0 spiro atoms. The molecule has 5 heterocycles. The fraction of sp³-hybridized carbons (Fsp3) is 0.385. The number of fused-ring (bicyclic) bond motifs is 1. The lowest BCUT2D eigenvalue weighted by Gasteiger charge is -2.36. The Bertz CT molecular complexity index is 1410. The van der Waals surface area contributed by atoms with E-state index in [0.29, 0.717) is 24.0 Å². The van der Waals surface area contributed by atoms with Crippen molar-refractivity contribution in [2.24, 2.45) is 0 Å². The van der Waals surface area contributed by atoms with Gasteiger partial charge >= 0.3 is 0 Å². The molecule has 0 saturated carbocycles. The lowest BCUT2D eigenvalue weighted by Crippen LogP contribution is -2.47. The molecule has 3 aromatic heterocycles. The van der Waals surface area contributed by atoms with Gasteiger partial charge in [0.25, 0.3) is 0 Å². The molecule has 0 bridgehead atoms. The highest BCUT2D eigenvalue weighted by atomic mass is 35.5. The van der Waals surface area contributed by atoms with E-state index in [1.165, 1.54) is 0 Å². The summed E-state index contributed by atoms with van der Waals surface area (Å²) in [5, 5.41) is 0.578. The van der Waals surface area contributed by atoms with E-state index in [1.54, 1.807) is 13.4 Å². The number of rotatable bonds is 5. The van der Waals surface area contributed by atoms with Crippen LogP contribution in [0.5, 0.6) is 5.75 Å². The largest absolute Gasteiger partial charge is 0.495 e. The third-order valence-electron chi connectivity index (χ3n) is 6.99.